The fourth-order valence-corrected chi connectivity index (χ4v) is 2.87. The fourth-order valence-electron chi connectivity index (χ4n) is 2.04. The molecule has 0 spiro atoms. The van der Waals surface area contributed by atoms with Crippen LogP contribution in [-0.4, -0.2) is 30.6 Å². The molecule has 2 nitrogen and oxygen atoms in total. The van der Waals surface area contributed by atoms with Gasteiger partial charge in [0.05, 0.1) is 0 Å². The Morgan fingerprint density at radius 3 is 2.75 bits per heavy atom. The molecule has 1 aromatic rings. The van der Waals surface area contributed by atoms with E-state index in [4.69, 9.17) is 5.73 Å². The zero-order chi connectivity index (χ0) is 12.0. The van der Waals surface area contributed by atoms with Gasteiger partial charge in [-0.15, -0.1) is 11.3 Å². The van der Waals surface area contributed by atoms with Gasteiger partial charge < -0.3 is 5.73 Å². The minimum Gasteiger partial charge on any atom is -0.329 e. The molecule has 0 bridgehead atoms. The Morgan fingerprint density at radius 2 is 2.25 bits per heavy atom. The van der Waals surface area contributed by atoms with Crippen LogP contribution in [0.2, 0.25) is 0 Å². The van der Waals surface area contributed by atoms with Crippen molar-refractivity contribution < 1.29 is 0 Å². The van der Waals surface area contributed by atoms with Gasteiger partial charge >= 0.3 is 0 Å². The first-order valence-corrected chi connectivity index (χ1v) is 7.01. The first kappa shape index (κ1) is 13.7. The van der Waals surface area contributed by atoms with E-state index in [1.807, 2.05) is 11.3 Å². The Hall–Kier alpha value is -0.380. The van der Waals surface area contributed by atoms with Crippen molar-refractivity contribution in [2.75, 3.05) is 13.6 Å². The number of nitrogens with zero attached hydrogens (tertiary/aromatic N) is 1. The van der Waals surface area contributed by atoms with Crippen LogP contribution in [0.1, 0.15) is 31.6 Å². The number of rotatable bonds is 7. The quantitative estimate of drug-likeness (QED) is 0.794. The highest BCUT2D eigenvalue weighted by Crippen LogP contribution is 2.16. The molecule has 0 aliphatic heterocycles. The lowest BCUT2D eigenvalue weighted by Crippen LogP contribution is -2.43. The van der Waals surface area contributed by atoms with Gasteiger partial charge in [-0.05, 0) is 38.3 Å². The summed E-state index contributed by atoms with van der Waals surface area (Å²) in [6, 6.07) is 5.43. The summed E-state index contributed by atoms with van der Waals surface area (Å²) >= 11 is 1.84. The molecule has 1 rings (SSSR count). The Labute approximate surface area is 103 Å². The Kier molecular flexibility index (Phi) is 6.03. The minimum absolute atomic E-state index is 0.528. The molecule has 2 N–H and O–H groups in total. The fraction of sp³-hybridized carbons (Fsp3) is 0.692. The third-order valence-electron chi connectivity index (χ3n) is 3.24. The molecular formula is C13H24N2S. The van der Waals surface area contributed by atoms with Crippen molar-refractivity contribution in [1.29, 1.82) is 0 Å². The van der Waals surface area contributed by atoms with E-state index in [1.165, 1.54) is 17.7 Å². The van der Waals surface area contributed by atoms with E-state index >= 15 is 0 Å². The molecule has 0 amide bonds. The second-order valence-electron chi connectivity index (χ2n) is 4.48. The molecule has 3 heteroatoms. The lowest BCUT2D eigenvalue weighted by Gasteiger charge is -2.32. The summed E-state index contributed by atoms with van der Waals surface area (Å²) < 4.78 is 0. The third kappa shape index (κ3) is 3.89. The predicted molar refractivity (Wildman–Crippen MR) is 73.0 cm³/mol. The van der Waals surface area contributed by atoms with Gasteiger partial charge in [0.25, 0.3) is 0 Å². The van der Waals surface area contributed by atoms with Crippen molar-refractivity contribution in [3.63, 3.8) is 0 Å². The maximum Gasteiger partial charge on any atom is 0.0218 e. The van der Waals surface area contributed by atoms with Crippen molar-refractivity contribution in [2.24, 2.45) is 5.73 Å². The monoisotopic (exact) mass is 240 g/mol. The maximum atomic E-state index is 5.83. The minimum atomic E-state index is 0.528. The smallest absolute Gasteiger partial charge is 0.0218 e. The molecular weight excluding hydrogens is 216 g/mol. The van der Waals surface area contributed by atoms with E-state index in [2.05, 4.69) is 43.3 Å². The van der Waals surface area contributed by atoms with Crippen LogP contribution < -0.4 is 5.73 Å². The maximum absolute atomic E-state index is 5.83. The van der Waals surface area contributed by atoms with Crippen LogP contribution in [0.4, 0.5) is 0 Å². The van der Waals surface area contributed by atoms with E-state index in [1.54, 1.807) is 0 Å². The van der Waals surface area contributed by atoms with Gasteiger partial charge in [-0.3, -0.25) is 4.90 Å². The zero-order valence-corrected chi connectivity index (χ0v) is 11.5. The Bertz CT molecular complexity index is 271. The van der Waals surface area contributed by atoms with E-state index in [0.29, 0.717) is 12.1 Å². The van der Waals surface area contributed by atoms with Crippen LogP contribution >= 0.6 is 11.3 Å². The highest BCUT2D eigenvalue weighted by molar-refractivity contribution is 7.09. The first-order chi connectivity index (χ1) is 7.69. The predicted octanol–water partition coefficient (Wildman–Crippen LogP) is 2.74. The summed E-state index contributed by atoms with van der Waals surface area (Å²) in [5.74, 6) is 0. The van der Waals surface area contributed by atoms with Crippen LogP contribution in [0.3, 0.4) is 0 Å². The molecule has 1 aromatic heterocycles. The molecule has 0 saturated carbocycles. The number of nitrogens with two attached hydrogens (primary N) is 1. The summed E-state index contributed by atoms with van der Waals surface area (Å²) in [5, 5.41) is 2.15. The van der Waals surface area contributed by atoms with Crippen molar-refractivity contribution in [3.8, 4) is 0 Å². The van der Waals surface area contributed by atoms with Crippen LogP contribution in [0.25, 0.3) is 0 Å². The lowest BCUT2D eigenvalue weighted by molar-refractivity contribution is 0.178. The molecule has 92 valence electrons. The highest BCUT2D eigenvalue weighted by atomic mass is 32.1. The normalized spacial score (nSPS) is 15.3. The topological polar surface area (TPSA) is 29.3 Å². The van der Waals surface area contributed by atoms with Gasteiger partial charge in [-0.25, -0.2) is 0 Å². The molecule has 2 unspecified atom stereocenters. The molecule has 2 atom stereocenters. The van der Waals surface area contributed by atoms with Gasteiger partial charge in [0.2, 0.25) is 0 Å². The van der Waals surface area contributed by atoms with Gasteiger partial charge in [0, 0.05) is 23.5 Å². The van der Waals surface area contributed by atoms with E-state index in [9.17, 15) is 0 Å². The van der Waals surface area contributed by atoms with Crippen LogP contribution in [0, 0.1) is 0 Å². The standard InChI is InChI=1S/C13H24N2S/c1-4-6-12(10-14)15(3)11(2)9-13-7-5-8-16-13/h5,7-8,11-12H,4,6,9-10,14H2,1-3H3. The SMILES string of the molecule is CCCC(CN)N(C)C(C)Cc1cccs1. The molecule has 0 saturated heterocycles. The summed E-state index contributed by atoms with van der Waals surface area (Å²) in [4.78, 5) is 3.90. The molecule has 1 heterocycles. The largest absolute Gasteiger partial charge is 0.329 e. The zero-order valence-electron chi connectivity index (χ0n) is 10.6. The highest BCUT2D eigenvalue weighted by Gasteiger charge is 2.18. The number of hydrogen-bond donors (Lipinski definition) is 1. The molecule has 0 aliphatic carbocycles. The Balaban J connectivity index is 2.48. The van der Waals surface area contributed by atoms with Crippen molar-refractivity contribution in [2.45, 2.75) is 45.2 Å². The molecule has 0 fully saturated rings. The van der Waals surface area contributed by atoms with Crippen molar-refractivity contribution >= 4 is 11.3 Å². The third-order valence-corrected chi connectivity index (χ3v) is 4.14. The average Bonchev–Trinajstić information content (AvgIpc) is 2.77. The lowest BCUT2D eigenvalue weighted by atomic mass is 10.1. The summed E-state index contributed by atoms with van der Waals surface area (Å²) in [6.45, 7) is 5.28. The van der Waals surface area contributed by atoms with Gasteiger partial charge in [-0.1, -0.05) is 19.4 Å². The number of likely N-dealkylation sites (N-methyl/N-ethyl adjacent to an activating group) is 1. The van der Waals surface area contributed by atoms with E-state index in [-0.39, 0.29) is 0 Å². The van der Waals surface area contributed by atoms with Crippen molar-refractivity contribution in [1.82, 2.24) is 4.90 Å². The Morgan fingerprint density at radius 1 is 1.50 bits per heavy atom. The van der Waals surface area contributed by atoms with Crippen LogP contribution in [0.5, 0.6) is 0 Å². The van der Waals surface area contributed by atoms with Gasteiger partial charge in [-0.2, -0.15) is 0 Å². The van der Waals surface area contributed by atoms with Crippen LogP contribution in [-0.2, 0) is 6.42 Å². The molecule has 16 heavy (non-hydrogen) atoms. The summed E-state index contributed by atoms with van der Waals surface area (Å²) in [6.07, 6.45) is 3.54. The summed E-state index contributed by atoms with van der Waals surface area (Å²) in [5.41, 5.74) is 5.83. The molecule has 0 aliphatic rings. The summed E-state index contributed by atoms with van der Waals surface area (Å²) in [7, 11) is 2.20. The first-order valence-electron chi connectivity index (χ1n) is 6.13. The van der Waals surface area contributed by atoms with Gasteiger partial charge in [0.15, 0.2) is 0 Å². The second-order valence-corrected chi connectivity index (χ2v) is 5.51. The number of hydrogen-bond acceptors (Lipinski definition) is 3. The van der Waals surface area contributed by atoms with Crippen LogP contribution in [0.15, 0.2) is 17.5 Å². The molecule has 0 aromatic carbocycles. The van der Waals surface area contributed by atoms with Gasteiger partial charge in [0.1, 0.15) is 0 Å². The van der Waals surface area contributed by atoms with E-state index in [0.717, 1.165) is 13.0 Å². The van der Waals surface area contributed by atoms with Crippen molar-refractivity contribution in [3.05, 3.63) is 22.4 Å². The number of thiophene rings is 1. The average molecular weight is 240 g/mol. The van der Waals surface area contributed by atoms with E-state index < -0.39 is 0 Å². The second kappa shape index (κ2) is 7.05. The molecule has 0 radical (unpaired) electrons.